The average Bonchev–Trinajstić information content (AvgIpc) is 2.95. The number of ether oxygens (including phenoxy) is 1. The molecule has 0 saturated heterocycles. The first-order chi connectivity index (χ1) is 18.0. The summed E-state index contributed by atoms with van der Waals surface area (Å²) in [5.74, 6) is 0.363. The van der Waals surface area contributed by atoms with Gasteiger partial charge in [-0.05, 0) is 67.1 Å². The molecule has 3 aromatic rings. The summed E-state index contributed by atoms with van der Waals surface area (Å²) in [4.78, 5) is 32.5. The first kappa shape index (κ1) is 25.2. The summed E-state index contributed by atoms with van der Waals surface area (Å²) in [6.45, 7) is 3.52. The molecule has 2 amide bonds. The molecule has 1 unspecified atom stereocenters. The Bertz CT molecular complexity index is 1230. The van der Waals surface area contributed by atoms with E-state index in [4.69, 9.17) is 4.74 Å². The molecule has 0 aromatic heterocycles. The number of aryl methyl sites for hydroxylation is 1. The Morgan fingerprint density at radius 2 is 1.57 bits per heavy atom. The van der Waals surface area contributed by atoms with Gasteiger partial charge in [0.05, 0.1) is 7.11 Å². The number of hydrogen-bond donors (Lipinski definition) is 0. The predicted molar refractivity (Wildman–Crippen MR) is 146 cm³/mol. The maximum atomic E-state index is 14.6. The Kier molecular flexibility index (Phi) is 7.71. The van der Waals surface area contributed by atoms with E-state index in [1.165, 1.54) is 11.1 Å². The summed E-state index contributed by atoms with van der Waals surface area (Å²) in [6.07, 6.45) is 5.84. The van der Waals surface area contributed by atoms with Crippen LogP contribution in [0.1, 0.15) is 70.8 Å². The van der Waals surface area contributed by atoms with E-state index in [0.29, 0.717) is 17.9 Å². The number of carbonyl (C=O) groups is 2. The Morgan fingerprint density at radius 3 is 2.24 bits per heavy atom. The van der Waals surface area contributed by atoms with E-state index in [9.17, 15) is 9.59 Å². The minimum absolute atomic E-state index is 0.0825. The normalized spacial score (nSPS) is 17.0. The third-order valence-corrected chi connectivity index (χ3v) is 7.89. The Labute approximate surface area is 220 Å². The molecular weight excluding hydrogens is 460 g/mol. The molecular formula is C32H36N2O3. The van der Waals surface area contributed by atoms with Gasteiger partial charge in [0.1, 0.15) is 11.8 Å². The van der Waals surface area contributed by atoms with E-state index in [1.54, 1.807) is 36.3 Å². The molecule has 3 aromatic carbocycles. The van der Waals surface area contributed by atoms with Crippen molar-refractivity contribution < 1.29 is 14.3 Å². The van der Waals surface area contributed by atoms with Crippen LogP contribution in [-0.4, -0.2) is 41.3 Å². The van der Waals surface area contributed by atoms with E-state index in [1.807, 2.05) is 0 Å². The maximum Gasteiger partial charge on any atom is 0.260 e. The number of nitrogens with zero attached hydrogens (tertiary/aromatic N) is 2. The van der Waals surface area contributed by atoms with Gasteiger partial charge in [0, 0.05) is 24.7 Å². The molecule has 0 N–H and O–H groups in total. The van der Waals surface area contributed by atoms with Crippen LogP contribution >= 0.6 is 0 Å². The lowest BCUT2D eigenvalue weighted by Gasteiger charge is -2.40. The van der Waals surface area contributed by atoms with Gasteiger partial charge in [-0.3, -0.25) is 19.4 Å². The van der Waals surface area contributed by atoms with Gasteiger partial charge in [0.2, 0.25) is 0 Å². The Balaban J connectivity index is 1.53. The van der Waals surface area contributed by atoms with E-state index < -0.39 is 6.04 Å². The third kappa shape index (κ3) is 5.47. The van der Waals surface area contributed by atoms with Crippen molar-refractivity contribution in [2.24, 2.45) is 0 Å². The number of hydrogen-bond acceptors (Lipinski definition) is 4. The second-order valence-electron chi connectivity index (χ2n) is 10.3. The van der Waals surface area contributed by atoms with E-state index in [2.05, 4.69) is 60.4 Å². The van der Waals surface area contributed by atoms with Crippen molar-refractivity contribution in [1.29, 1.82) is 0 Å². The molecule has 1 fully saturated rings. The van der Waals surface area contributed by atoms with Gasteiger partial charge < -0.3 is 4.74 Å². The highest BCUT2D eigenvalue weighted by Gasteiger charge is 2.39. The molecule has 1 saturated carbocycles. The summed E-state index contributed by atoms with van der Waals surface area (Å²) in [6, 6.07) is 23.2. The van der Waals surface area contributed by atoms with Crippen molar-refractivity contribution in [2.75, 3.05) is 13.7 Å². The van der Waals surface area contributed by atoms with Gasteiger partial charge in [-0.2, -0.15) is 0 Å². The number of methoxy groups -OCH3 is 1. The van der Waals surface area contributed by atoms with Crippen LogP contribution in [-0.2, 0) is 17.8 Å². The zero-order valence-electron chi connectivity index (χ0n) is 21.9. The maximum absolute atomic E-state index is 14.6. The number of imide groups is 1. The quantitative estimate of drug-likeness (QED) is 0.413. The van der Waals surface area contributed by atoms with Crippen LogP contribution in [0.4, 0.5) is 0 Å². The lowest BCUT2D eigenvalue weighted by atomic mass is 9.91. The summed E-state index contributed by atoms with van der Waals surface area (Å²) in [5.41, 5.74) is 5.21. The van der Waals surface area contributed by atoms with E-state index in [-0.39, 0.29) is 17.9 Å². The van der Waals surface area contributed by atoms with Crippen LogP contribution in [0.15, 0.2) is 72.8 Å². The van der Waals surface area contributed by atoms with Crippen molar-refractivity contribution in [3.05, 3.63) is 101 Å². The fourth-order valence-corrected chi connectivity index (χ4v) is 5.79. The van der Waals surface area contributed by atoms with Gasteiger partial charge in [-0.1, -0.05) is 73.4 Å². The average molecular weight is 497 g/mol. The fourth-order valence-electron chi connectivity index (χ4n) is 5.79. The van der Waals surface area contributed by atoms with Crippen molar-refractivity contribution in [3.8, 4) is 5.75 Å². The molecule has 192 valence electrons. The predicted octanol–water partition coefficient (Wildman–Crippen LogP) is 6.10. The van der Waals surface area contributed by atoms with Gasteiger partial charge in [0.25, 0.3) is 11.8 Å². The topological polar surface area (TPSA) is 49.9 Å². The monoisotopic (exact) mass is 496 g/mol. The first-order valence-electron chi connectivity index (χ1n) is 13.4. The van der Waals surface area contributed by atoms with E-state index >= 15 is 0 Å². The van der Waals surface area contributed by atoms with Gasteiger partial charge in [-0.25, -0.2) is 0 Å². The highest BCUT2D eigenvalue weighted by Crippen LogP contribution is 2.33. The molecule has 1 heterocycles. The minimum Gasteiger partial charge on any atom is -0.497 e. The number of carbonyl (C=O) groups excluding carboxylic acids is 2. The van der Waals surface area contributed by atoms with Crippen LogP contribution in [0.3, 0.4) is 0 Å². The molecule has 37 heavy (non-hydrogen) atoms. The molecule has 1 aliphatic carbocycles. The standard InChI is InChI=1S/C32H36N2O3/c1-23-12-14-25(15-13-23)30(33-21-20-24-8-6-7-9-27(24)22-33)32(36)34(28-10-4-3-5-11-28)31(35)26-16-18-29(37-2)19-17-26/h6-9,12-19,28,30H,3-5,10-11,20-22H2,1-2H3. The zero-order chi connectivity index (χ0) is 25.8. The molecule has 1 atom stereocenters. The minimum atomic E-state index is -0.516. The number of rotatable bonds is 6. The summed E-state index contributed by atoms with van der Waals surface area (Å²) in [5, 5.41) is 0. The Hall–Kier alpha value is -3.44. The van der Waals surface area contributed by atoms with Crippen LogP contribution in [0.2, 0.25) is 0 Å². The molecule has 0 bridgehead atoms. The summed E-state index contributed by atoms with van der Waals surface area (Å²) < 4.78 is 5.29. The molecule has 5 nitrogen and oxygen atoms in total. The van der Waals surface area contributed by atoms with Crippen molar-refractivity contribution in [3.63, 3.8) is 0 Å². The lowest BCUT2D eigenvalue weighted by Crippen LogP contribution is -2.51. The SMILES string of the molecule is COc1ccc(C(=O)N(C(=O)C(c2ccc(C)cc2)N2CCc3ccccc3C2)C2CCCCC2)cc1. The molecule has 0 radical (unpaired) electrons. The van der Waals surface area contributed by atoms with Gasteiger partial charge in [-0.15, -0.1) is 0 Å². The number of fused-ring (bicyclic) bond motifs is 1. The van der Waals surface area contributed by atoms with Crippen molar-refractivity contribution in [2.45, 2.75) is 64.1 Å². The van der Waals surface area contributed by atoms with Crippen LogP contribution in [0.5, 0.6) is 5.75 Å². The summed E-state index contributed by atoms with van der Waals surface area (Å²) in [7, 11) is 1.61. The third-order valence-electron chi connectivity index (χ3n) is 7.89. The summed E-state index contributed by atoms with van der Waals surface area (Å²) >= 11 is 0. The van der Waals surface area contributed by atoms with Gasteiger partial charge >= 0.3 is 0 Å². The van der Waals surface area contributed by atoms with Crippen LogP contribution < -0.4 is 4.74 Å². The Morgan fingerprint density at radius 1 is 0.892 bits per heavy atom. The molecule has 0 spiro atoms. The first-order valence-corrected chi connectivity index (χ1v) is 13.4. The lowest BCUT2D eigenvalue weighted by molar-refractivity contribution is -0.137. The van der Waals surface area contributed by atoms with Gasteiger partial charge in [0.15, 0.2) is 0 Å². The van der Waals surface area contributed by atoms with Crippen LogP contribution in [0.25, 0.3) is 0 Å². The highest BCUT2D eigenvalue weighted by atomic mass is 16.5. The number of amides is 2. The van der Waals surface area contributed by atoms with E-state index in [0.717, 1.165) is 56.2 Å². The molecule has 5 heteroatoms. The molecule has 5 rings (SSSR count). The largest absolute Gasteiger partial charge is 0.497 e. The molecule has 1 aliphatic heterocycles. The number of benzene rings is 3. The second kappa shape index (κ2) is 11.3. The van der Waals surface area contributed by atoms with Crippen LogP contribution in [0, 0.1) is 6.92 Å². The fraction of sp³-hybridized carbons (Fsp3) is 0.375. The zero-order valence-corrected chi connectivity index (χ0v) is 21.9. The molecule has 2 aliphatic rings. The highest BCUT2D eigenvalue weighted by molar-refractivity contribution is 6.06. The van der Waals surface area contributed by atoms with Crippen molar-refractivity contribution in [1.82, 2.24) is 9.80 Å². The second-order valence-corrected chi connectivity index (χ2v) is 10.3. The smallest absolute Gasteiger partial charge is 0.260 e. The van der Waals surface area contributed by atoms with Crippen molar-refractivity contribution >= 4 is 11.8 Å².